The van der Waals surface area contributed by atoms with Crippen LogP contribution < -0.4 is 0 Å². The Hall–Kier alpha value is -1.62. The maximum absolute atomic E-state index is 13.5. The van der Waals surface area contributed by atoms with Crippen LogP contribution in [0.25, 0.3) is 6.08 Å². The zero-order valence-electron chi connectivity index (χ0n) is 9.85. The molecule has 0 heterocycles. The van der Waals surface area contributed by atoms with Gasteiger partial charge in [-0.3, -0.25) is 9.59 Å². The summed E-state index contributed by atoms with van der Waals surface area (Å²) >= 11 is 1.17. The Kier molecular flexibility index (Phi) is 5.58. The van der Waals surface area contributed by atoms with E-state index >= 15 is 0 Å². The van der Waals surface area contributed by atoms with Gasteiger partial charge in [0.1, 0.15) is 5.82 Å². The molecule has 0 radical (unpaired) electrons. The summed E-state index contributed by atoms with van der Waals surface area (Å²) in [4.78, 5) is 21.1. The summed E-state index contributed by atoms with van der Waals surface area (Å²) in [5.41, 5.74) is 0.809. The maximum atomic E-state index is 13.5. The molecule has 0 spiro atoms. The molecule has 0 aliphatic heterocycles. The van der Waals surface area contributed by atoms with E-state index in [-0.39, 0.29) is 17.1 Å². The molecule has 3 nitrogen and oxygen atoms in total. The number of hydrogen-bond acceptors (Lipinski definition) is 3. The lowest BCUT2D eigenvalue weighted by Gasteiger charge is -2.01. The van der Waals surface area contributed by atoms with Gasteiger partial charge in [0.25, 0.3) is 0 Å². The van der Waals surface area contributed by atoms with Crippen LogP contribution in [0.3, 0.4) is 0 Å². The number of carboxylic acid groups (broad SMARTS) is 1. The van der Waals surface area contributed by atoms with E-state index in [0.717, 1.165) is 0 Å². The van der Waals surface area contributed by atoms with Gasteiger partial charge in [-0.05, 0) is 17.2 Å². The van der Waals surface area contributed by atoms with Crippen molar-refractivity contribution in [1.82, 2.24) is 0 Å². The fourth-order valence-electron chi connectivity index (χ4n) is 1.32. The molecule has 18 heavy (non-hydrogen) atoms. The number of hydrogen-bond donors (Lipinski definition) is 1. The van der Waals surface area contributed by atoms with E-state index in [2.05, 4.69) is 0 Å². The minimum absolute atomic E-state index is 0.0302. The van der Waals surface area contributed by atoms with Crippen molar-refractivity contribution < 1.29 is 19.1 Å². The average Bonchev–Trinajstić information content (AvgIpc) is 2.27. The number of carbonyl (C=O) groups excluding carboxylic acids is 1. The standard InChI is InChI=1S/C13H13FO3S/c1-9(15)18-6-2-3-10-4-5-11(8-13(16)17)12(14)7-10/h2-5,7H,6,8H2,1H3,(H,16,17). The highest BCUT2D eigenvalue weighted by Gasteiger charge is 2.06. The minimum atomic E-state index is -1.06. The maximum Gasteiger partial charge on any atom is 0.307 e. The first-order valence-corrected chi connectivity index (χ1v) is 6.27. The van der Waals surface area contributed by atoms with Crippen LogP contribution in [0.15, 0.2) is 24.3 Å². The quantitative estimate of drug-likeness (QED) is 0.892. The lowest BCUT2D eigenvalue weighted by Crippen LogP contribution is -2.02. The fraction of sp³-hybridized carbons (Fsp3) is 0.231. The third kappa shape index (κ3) is 5.14. The summed E-state index contributed by atoms with van der Waals surface area (Å²) in [5.74, 6) is -1.05. The van der Waals surface area contributed by atoms with E-state index in [1.165, 1.54) is 30.8 Å². The number of aliphatic carboxylic acids is 1. The Bertz CT molecular complexity index is 483. The summed E-state index contributed by atoms with van der Waals surface area (Å²) in [6.45, 7) is 1.48. The third-order valence-electron chi connectivity index (χ3n) is 2.11. The number of carbonyl (C=O) groups is 2. The van der Waals surface area contributed by atoms with Gasteiger partial charge in [-0.1, -0.05) is 36.0 Å². The molecule has 0 saturated carbocycles. The van der Waals surface area contributed by atoms with Gasteiger partial charge in [0.05, 0.1) is 6.42 Å². The van der Waals surface area contributed by atoms with Gasteiger partial charge in [-0.15, -0.1) is 0 Å². The van der Waals surface area contributed by atoms with Crippen molar-refractivity contribution in [3.63, 3.8) is 0 Å². The SMILES string of the molecule is CC(=O)SCC=Cc1ccc(CC(=O)O)c(F)c1. The van der Waals surface area contributed by atoms with E-state index < -0.39 is 11.8 Å². The second kappa shape index (κ2) is 6.96. The molecule has 0 atom stereocenters. The third-order valence-corrected chi connectivity index (χ3v) is 2.88. The van der Waals surface area contributed by atoms with E-state index in [1.54, 1.807) is 18.2 Å². The van der Waals surface area contributed by atoms with Crippen LogP contribution in [0.4, 0.5) is 4.39 Å². The molecule has 0 aliphatic rings. The van der Waals surface area contributed by atoms with Crippen LogP contribution in [0, 0.1) is 5.82 Å². The van der Waals surface area contributed by atoms with Crippen LogP contribution in [0.5, 0.6) is 0 Å². The predicted molar refractivity (Wildman–Crippen MR) is 69.9 cm³/mol. The molecule has 1 N–H and O–H groups in total. The monoisotopic (exact) mass is 268 g/mol. The Labute approximate surface area is 109 Å². The van der Waals surface area contributed by atoms with Gasteiger partial charge >= 0.3 is 5.97 Å². The highest BCUT2D eigenvalue weighted by molar-refractivity contribution is 8.13. The van der Waals surface area contributed by atoms with E-state index in [1.807, 2.05) is 0 Å². The molecule has 1 aromatic carbocycles. The summed E-state index contributed by atoms with van der Waals surface area (Å²) in [6, 6.07) is 4.39. The molecule has 0 saturated heterocycles. The van der Waals surface area contributed by atoms with E-state index in [9.17, 15) is 14.0 Å². The zero-order valence-corrected chi connectivity index (χ0v) is 10.7. The normalized spacial score (nSPS) is 10.8. The first-order valence-electron chi connectivity index (χ1n) is 5.29. The van der Waals surface area contributed by atoms with Gasteiger partial charge < -0.3 is 5.11 Å². The summed E-state index contributed by atoms with van der Waals surface area (Å²) < 4.78 is 13.5. The van der Waals surface area contributed by atoms with E-state index in [0.29, 0.717) is 11.3 Å². The molecule has 1 aromatic rings. The second-order valence-electron chi connectivity index (χ2n) is 3.63. The lowest BCUT2D eigenvalue weighted by molar-refractivity contribution is -0.136. The first-order chi connectivity index (χ1) is 8.49. The Balaban J connectivity index is 2.66. The lowest BCUT2D eigenvalue weighted by atomic mass is 10.1. The van der Waals surface area contributed by atoms with Crippen LogP contribution in [-0.4, -0.2) is 21.9 Å². The number of thioether (sulfide) groups is 1. The molecule has 96 valence electrons. The summed E-state index contributed by atoms with van der Waals surface area (Å²) in [5, 5.41) is 8.60. The molecule has 0 unspecified atom stereocenters. The summed E-state index contributed by atoms with van der Waals surface area (Å²) in [7, 11) is 0. The molecule has 0 aliphatic carbocycles. The second-order valence-corrected chi connectivity index (χ2v) is 4.82. The predicted octanol–water partition coefficient (Wildman–Crippen LogP) is 2.75. The van der Waals surface area contributed by atoms with Gasteiger partial charge in [0.2, 0.25) is 0 Å². The topological polar surface area (TPSA) is 54.4 Å². The van der Waals surface area contributed by atoms with Gasteiger partial charge in [0.15, 0.2) is 5.12 Å². The van der Waals surface area contributed by atoms with Crippen LogP contribution >= 0.6 is 11.8 Å². The molecule has 0 bridgehead atoms. The zero-order chi connectivity index (χ0) is 13.5. The Morgan fingerprint density at radius 1 is 1.44 bits per heavy atom. The van der Waals surface area contributed by atoms with Crippen LogP contribution in [0.1, 0.15) is 18.1 Å². The van der Waals surface area contributed by atoms with Gasteiger partial charge in [-0.2, -0.15) is 0 Å². The van der Waals surface area contributed by atoms with Crippen molar-refractivity contribution in [2.45, 2.75) is 13.3 Å². The van der Waals surface area contributed by atoms with Crippen molar-refractivity contribution in [3.8, 4) is 0 Å². The smallest absolute Gasteiger partial charge is 0.307 e. The van der Waals surface area contributed by atoms with Crippen molar-refractivity contribution in [1.29, 1.82) is 0 Å². The fourth-order valence-corrected chi connectivity index (χ4v) is 1.75. The van der Waals surface area contributed by atoms with Crippen molar-refractivity contribution in [2.75, 3.05) is 5.75 Å². The van der Waals surface area contributed by atoms with Crippen LogP contribution in [0.2, 0.25) is 0 Å². The molecule has 5 heteroatoms. The van der Waals surface area contributed by atoms with Gasteiger partial charge in [0, 0.05) is 12.7 Å². The summed E-state index contributed by atoms with van der Waals surface area (Å²) in [6.07, 6.45) is 3.14. The number of benzene rings is 1. The molecule has 1 rings (SSSR count). The molecular formula is C13H13FO3S. The average molecular weight is 268 g/mol. The molecular weight excluding hydrogens is 255 g/mol. The Morgan fingerprint density at radius 2 is 2.17 bits per heavy atom. The molecule has 0 aromatic heterocycles. The number of rotatable bonds is 5. The van der Waals surface area contributed by atoms with Gasteiger partial charge in [-0.25, -0.2) is 4.39 Å². The van der Waals surface area contributed by atoms with Crippen LogP contribution in [-0.2, 0) is 16.0 Å². The number of carboxylic acids is 1. The number of halogens is 1. The van der Waals surface area contributed by atoms with Crippen molar-refractivity contribution in [3.05, 3.63) is 41.2 Å². The van der Waals surface area contributed by atoms with Crippen molar-refractivity contribution >= 4 is 28.9 Å². The van der Waals surface area contributed by atoms with E-state index in [4.69, 9.17) is 5.11 Å². The molecule has 0 amide bonds. The highest BCUT2D eigenvalue weighted by atomic mass is 32.2. The minimum Gasteiger partial charge on any atom is -0.481 e. The molecule has 0 fully saturated rings. The largest absolute Gasteiger partial charge is 0.481 e. The van der Waals surface area contributed by atoms with Crippen molar-refractivity contribution in [2.24, 2.45) is 0 Å². The first kappa shape index (κ1) is 14.4. The highest BCUT2D eigenvalue weighted by Crippen LogP contribution is 2.13. The Morgan fingerprint density at radius 3 is 2.72 bits per heavy atom.